The van der Waals surface area contributed by atoms with Crippen LogP contribution in [0.5, 0.6) is 11.5 Å². The zero-order valence-corrected chi connectivity index (χ0v) is 12.4. The van der Waals surface area contributed by atoms with Crippen molar-refractivity contribution < 1.29 is 9.47 Å². The van der Waals surface area contributed by atoms with Crippen LogP contribution in [-0.2, 0) is 0 Å². The molecular formula is C13H22ClNO2S. The van der Waals surface area contributed by atoms with Crippen molar-refractivity contribution in [3.05, 3.63) is 24.3 Å². The highest BCUT2D eigenvalue weighted by Crippen LogP contribution is 2.17. The van der Waals surface area contributed by atoms with E-state index < -0.39 is 0 Å². The van der Waals surface area contributed by atoms with Gasteiger partial charge in [-0.2, -0.15) is 12.6 Å². The summed E-state index contributed by atoms with van der Waals surface area (Å²) in [4.78, 5) is 0. The second-order valence-electron chi connectivity index (χ2n) is 3.84. The van der Waals surface area contributed by atoms with Gasteiger partial charge in [0.2, 0.25) is 0 Å². The van der Waals surface area contributed by atoms with E-state index in [1.807, 2.05) is 31.2 Å². The number of rotatable bonds is 8. The average Bonchev–Trinajstić information content (AvgIpc) is 2.36. The normalized spacial score (nSPS) is 11.5. The summed E-state index contributed by atoms with van der Waals surface area (Å²) in [5.74, 6) is 2.47. The van der Waals surface area contributed by atoms with Crippen molar-refractivity contribution >= 4 is 25.0 Å². The molecule has 0 heterocycles. The van der Waals surface area contributed by atoms with Crippen molar-refractivity contribution in [2.45, 2.75) is 25.8 Å². The summed E-state index contributed by atoms with van der Waals surface area (Å²) in [6.07, 6.45) is 1.90. The summed E-state index contributed by atoms with van der Waals surface area (Å²) >= 11 is 4.14. The molecule has 5 heteroatoms. The fourth-order valence-electron chi connectivity index (χ4n) is 1.43. The molecule has 0 unspecified atom stereocenters. The highest BCUT2D eigenvalue weighted by molar-refractivity contribution is 7.80. The number of benzene rings is 1. The monoisotopic (exact) mass is 291 g/mol. The second kappa shape index (κ2) is 10.4. The van der Waals surface area contributed by atoms with E-state index in [2.05, 4.69) is 12.6 Å². The van der Waals surface area contributed by atoms with Gasteiger partial charge in [-0.1, -0.05) is 0 Å². The molecule has 0 bridgehead atoms. The molecule has 104 valence electrons. The number of nitrogens with two attached hydrogens (primary N) is 1. The Hall–Kier alpha value is -0.580. The molecule has 1 rings (SSSR count). The van der Waals surface area contributed by atoms with Crippen molar-refractivity contribution in [2.75, 3.05) is 19.0 Å². The van der Waals surface area contributed by atoms with Crippen molar-refractivity contribution in [3.63, 3.8) is 0 Å². The highest BCUT2D eigenvalue weighted by atomic mass is 35.5. The van der Waals surface area contributed by atoms with Crippen molar-refractivity contribution in [1.29, 1.82) is 0 Å². The molecule has 0 aliphatic carbocycles. The van der Waals surface area contributed by atoms with E-state index in [0.717, 1.165) is 30.1 Å². The largest absolute Gasteiger partial charge is 0.494 e. The van der Waals surface area contributed by atoms with Crippen LogP contribution in [-0.4, -0.2) is 25.0 Å². The fraction of sp³-hybridized carbons (Fsp3) is 0.538. The van der Waals surface area contributed by atoms with Crippen LogP contribution in [0.1, 0.15) is 19.8 Å². The Morgan fingerprint density at radius 1 is 1.17 bits per heavy atom. The summed E-state index contributed by atoms with van der Waals surface area (Å²) < 4.78 is 10.9. The van der Waals surface area contributed by atoms with E-state index in [1.54, 1.807) is 0 Å². The maximum Gasteiger partial charge on any atom is 0.119 e. The van der Waals surface area contributed by atoms with E-state index in [4.69, 9.17) is 15.2 Å². The lowest BCUT2D eigenvalue weighted by atomic mass is 10.2. The van der Waals surface area contributed by atoms with Crippen LogP contribution in [0.3, 0.4) is 0 Å². The van der Waals surface area contributed by atoms with Gasteiger partial charge in [-0.05, 0) is 44.0 Å². The van der Waals surface area contributed by atoms with Gasteiger partial charge in [0.25, 0.3) is 0 Å². The number of hydrogen-bond acceptors (Lipinski definition) is 4. The van der Waals surface area contributed by atoms with Crippen molar-refractivity contribution in [3.8, 4) is 11.5 Å². The van der Waals surface area contributed by atoms with Gasteiger partial charge in [0, 0.05) is 11.8 Å². The van der Waals surface area contributed by atoms with E-state index in [-0.39, 0.29) is 18.4 Å². The van der Waals surface area contributed by atoms with E-state index in [0.29, 0.717) is 13.2 Å². The smallest absolute Gasteiger partial charge is 0.119 e. The first-order valence-electron chi connectivity index (χ1n) is 5.98. The van der Waals surface area contributed by atoms with Crippen LogP contribution in [0.15, 0.2) is 24.3 Å². The predicted octanol–water partition coefficient (Wildman–Crippen LogP) is 2.92. The van der Waals surface area contributed by atoms with Gasteiger partial charge in [-0.3, -0.25) is 0 Å². The predicted molar refractivity (Wildman–Crippen MR) is 81.4 cm³/mol. The van der Waals surface area contributed by atoms with Gasteiger partial charge in [0.1, 0.15) is 11.5 Å². The summed E-state index contributed by atoms with van der Waals surface area (Å²) in [7, 11) is 0. The first-order valence-corrected chi connectivity index (χ1v) is 6.61. The first kappa shape index (κ1) is 17.4. The van der Waals surface area contributed by atoms with E-state index in [9.17, 15) is 0 Å². The minimum atomic E-state index is 0. The molecule has 0 radical (unpaired) electrons. The summed E-state index contributed by atoms with van der Waals surface area (Å²) in [6.45, 7) is 3.34. The minimum absolute atomic E-state index is 0. The van der Waals surface area contributed by atoms with Crippen LogP contribution in [0, 0.1) is 0 Å². The van der Waals surface area contributed by atoms with Gasteiger partial charge in [-0.15, -0.1) is 12.4 Å². The van der Waals surface area contributed by atoms with E-state index >= 15 is 0 Å². The first-order chi connectivity index (χ1) is 8.26. The summed E-state index contributed by atoms with van der Waals surface area (Å²) in [5.41, 5.74) is 5.76. The molecule has 3 nitrogen and oxygen atoms in total. The van der Waals surface area contributed by atoms with Gasteiger partial charge in [0.05, 0.1) is 13.2 Å². The Labute approximate surface area is 121 Å². The topological polar surface area (TPSA) is 44.5 Å². The fourth-order valence-corrected chi connectivity index (χ4v) is 1.61. The average molecular weight is 292 g/mol. The SMILES string of the molecule is CCOc1ccc(OCCC[C@H](N)CS)cc1.Cl. The second-order valence-corrected chi connectivity index (χ2v) is 4.20. The molecular weight excluding hydrogens is 270 g/mol. The molecule has 0 amide bonds. The van der Waals surface area contributed by atoms with Crippen molar-refractivity contribution in [2.24, 2.45) is 5.73 Å². The molecule has 0 aliphatic rings. The van der Waals surface area contributed by atoms with Gasteiger partial charge in [0.15, 0.2) is 0 Å². The Morgan fingerprint density at radius 2 is 1.72 bits per heavy atom. The maximum atomic E-state index is 5.76. The quantitative estimate of drug-likeness (QED) is 0.572. The molecule has 18 heavy (non-hydrogen) atoms. The number of hydrogen-bond donors (Lipinski definition) is 2. The van der Waals surface area contributed by atoms with E-state index in [1.165, 1.54) is 0 Å². The Morgan fingerprint density at radius 3 is 2.22 bits per heavy atom. The number of halogens is 1. The third-order valence-corrected chi connectivity index (χ3v) is 2.83. The Kier molecular flexibility index (Phi) is 10.0. The molecule has 1 aromatic rings. The van der Waals surface area contributed by atoms with Crippen LogP contribution in [0.4, 0.5) is 0 Å². The Bertz CT molecular complexity index is 308. The molecule has 0 spiro atoms. The molecule has 0 saturated heterocycles. The minimum Gasteiger partial charge on any atom is -0.494 e. The number of thiol groups is 1. The lowest BCUT2D eigenvalue weighted by Gasteiger charge is -2.10. The molecule has 0 aromatic heterocycles. The molecule has 2 N–H and O–H groups in total. The molecule has 1 atom stereocenters. The Balaban J connectivity index is 0.00000289. The maximum absolute atomic E-state index is 5.76. The van der Waals surface area contributed by atoms with Crippen LogP contribution in [0.25, 0.3) is 0 Å². The molecule has 0 saturated carbocycles. The van der Waals surface area contributed by atoms with Gasteiger partial charge < -0.3 is 15.2 Å². The lowest BCUT2D eigenvalue weighted by molar-refractivity contribution is 0.301. The molecule has 0 aliphatic heterocycles. The van der Waals surface area contributed by atoms with Crippen LogP contribution in [0.2, 0.25) is 0 Å². The van der Waals surface area contributed by atoms with Gasteiger partial charge in [-0.25, -0.2) is 0 Å². The third kappa shape index (κ3) is 6.99. The standard InChI is InChI=1S/C13H21NO2S.ClH/c1-2-15-12-5-7-13(8-6-12)16-9-3-4-11(14)10-17;/h5-8,11,17H,2-4,9-10,14H2,1H3;1H/t11-;/m0./s1. The lowest BCUT2D eigenvalue weighted by Crippen LogP contribution is -2.22. The zero-order chi connectivity index (χ0) is 12.5. The summed E-state index contributed by atoms with van der Waals surface area (Å²) in [6, 6.07) is 7.84. The van der Waals surface area contributed by atoms with Crippen LogP contribution < -0.4 is 15.2 Å². The summed E-state index contributed by atoms with van der Waals surface area (Å²) in [5, 5.41) is 0. The van der Waals surface area contributed by atoms with Crippen LogP contribution >= 0.6 is 25.0 Å². The molecule has 1 aromatic carbocycles. The zero-order valence-electron chi connectivity index (χ0n) is 10.7. The number of ether oxygens (including phenoxy) is 2. The van der Waals surface area contributed by atoms with Gasteiger partial charge >= 0.3 is 0 Å². The van der Waals surface area contributed by atoms with Crippen molar-refractivity contribution in [1.82, 2.24) is 0 Å². The highest BCUT2D eigenvalue weighted by Gasteiger charge is 2.00. The third-order valence-electron chi connectivity index (χ3n) is 2.36. The molecule has 0 fully saturated rings.